The highest BCUT2D eigenvalue weighted by Crippen LogP contribution is 2.15. The number of carbonyl (C=O) groups excluding carboxylic acids is 1. The van der Waals surface area contributed by atoms with Crippen molar-refractivity contribution in [3.8, 4) is 0 Å². The second kappa shape index (κ2) is 9.26. The maximum absolute atomic E-state index is 12.8. The summed E-state index contributed by atoms with van der Waals surface area (Å²) in [6.45, 7) is 2.72. The zero-order valence-corrected chi connectivity index (χ0v) is 17.4. The topological polar surface area (TPSA) is 67.2 Å². The van der Waals surface area contributed by atoms with Crippen molar-refractivity contribution in [1.82, 2.24) is 15.0 Å². The Labute approximate surface area is 180 Å². The summed E-state index contributed by atoms with van der Waals surface area (Å²) >= 11 is 0. The number of nitrogens with one attached hydrogen (secondary N) is 1. The molecular formula is C25H24N4O2. The molecule has 1 amide bonds. The Morgan fingerprint density at radius 1 is 0.968 bits per heavy atom. The highest BCUT2D eigenvalue weighted by molar-refractivity contribution is 5.80. The van der Waals surface area contributed by atoms with Gasteiger partial charge in [0.2, 0.25) is 5.91 Å². The van der Waals surface area contributed by atoms with Gasteiger partial charge in [0, 0.05) is 13.0 Å². The quantitative estimate of drug-likeness (QED) is 0.469. The number of benzene rings is 3. The molecule has 0 aliphatic heterocycles. The molecule has 0 atom stereocenters. The van der Waals surface area contributed by atoms with Gasteiger partial charge in [0.15, 0.2) is 0 Å². The van der Waals surface area contributed by atoms with Crippen LogP contribution in [0.25, 0.3) is 10.9 Å². The van der Waals surface area contributed by atoms with E-state index < -0.39 is 0 Å². The maximum atomic E-state index is 12.8. The highest BCUT2D eigenvalue weighted by Gasteiger charge is 2.12. The molecule has 0 saturated heterocycles. The lowest BCUT2D eigenvalue weighted by Crippen LogP contribution is -2.42. The van der Waals surface area contributed by atoms with Crippen molar-refractivity contribution >= 4 is 22.5 Å². The van der Waals surface area contributed by atoms with Crippen molar-refractivity contribution in [1.29, 1.82) is 0 Å². The fourth-order valence-electron chi connectivity index (χ4n) is 3.49. The van der Waals surface area contributed by atoms with E-state index >= 15 is 0 Å². The van der Waals surface area contributed by atoms with E-state index in [1.54, 1.807) is 6.07 Å². The molecule has 1 aromatic heterocycles. The van der Waals surface area contributed by atoms with Gasteiger partial charge < -0.3 is 0 Å². The van der Waals surface area contributed by atoms with Crippen LogP contribution < -0.4 is 16.0 Å². The molecule has 4 rings (SSSR count). The maximum Gasteiger partial charge on any atom is 0.261 e. The van der Waals surface area contributed by atoms with E-state index in [9.17, 15) is 9.59 Å². The van der Waals surface area contributed by atoms with Crippen LogP contribution in [0.2, 0.25) is 0 Å². The molecule has 3 aromatic carbocycles. The Balaban J connectivity index is 1.47. The smallest absolute Gasteiger partial charge is 0.261 e. The molecule has 0 aliphatic carbocycles. The first-order valence-electron chi connectivity index (χ1n) is 10.2. The molecule has 6 heteroatoms. The number of hydrazine groups is 1. The first kappa shape index (κ1) is 20.3. The minimum Gasteiger partial charge on any atom is -0.298 e. The standard InChI is InChI=1S/C25H24N4O2/c1-19-9-8-14-22-24(19)26-18-28(25(22)31)16-15-23(30)27-29(21-12-6-3-7-13-21)17-20-10-4-2-5-11-20/h2-14,18H,15-17H2,1H3,(H,27,30). The Hall–Kier alpha value is -3.93. The lowest BCUT2D eigenvalue weighted by Gasteiger charge is -2.25. The fraction of sp³-hybridized carbons (Fsp3) is 0.160. The van der Waals surface area contributed by atoms with E-state index in [0.717, 1.165) is 16.8 Å². The first-order chi connectivity index (χ1) is 15.1. The second-order valence-electron chi connectivity index (χ2n) is 7.41. The number of amides is 1. The molecule has 1 heterocycles. The predicted octanol–water partition coefficient (Wildman–Crippen LogP) is 3.83. The fourth-order valence-corrected chi connectivity index (χ4v) is 3.49. The van der Waals surface area contributed by atoms with E-state index in [1.807, 2.05) is 84.7 Å². The van der Waals surface area contributed by atoms with E-state index in [1.165, 1.54) is 10.9 Å². The van der Waals surface area contributed by atoms with Crippen LogP contribution in [0.5, 0.6) is 0 Å². The number of hydrogen-bond donors (Lipinski definition) is 1. The zero-order valence-electron chi connectivity index (χ0n) is 17.4. The molecule has 0 bridgehead atoms. The molecule has 6 nitrogen and oxygen atoms in total. The second-order valence-corrected chi connectivity index (χ2v) is 7.41. The molecule has 0 radical (unpaired) electrons. The van der Waals surface area contributed by atoms with E-state index in [-0.39, 0.29) is 24.4 Å². The summed E-state index contributed by atoms with van der Waals surface area (Å²) in [4.78, 5) is 29.9. The van der Waals surface area contributed by atoms with Crippen LogP contribution >= 0.6 is 0 Å². The lowest BCUT2D eigenvalue weighted by molar-refractivity contribution is -0.121. The van der Waals surface area contributed by atoms with Crippen molar-refractivity contribution < 1.29 is 4.79 Å². The molecule has 0 unspecified atom stereocenters. The van der Waals surface area contributed by atoms with Crippen molar-refractivity contribution in [2.24, 2.45) is 0 Å². The number of rotatable bonds is 7. The Morgan fingerprint density at radius 3 is 2.42 bits per heavy atom. The highest BCUT2D eigenvalue weighted by atomic mass is 16.2. The van der Waals surface area contributed by atoms with Gasteiger partial charge in [-0.2, -0.15) is 0 Å². The lowest BCUT2D eigenvalue weighted by atomic mass is 10.1. The largest absolute Gasteiger partial charge is 0.298 e. The number of fused-ring (bicyclic) bond motifs is 1. The third kappa shape index (κ3) is 4.80. The monoisotopic (exact) mass is 412 g/mol. The summed E-state index contributed by atoms with van der Waals surface area (Å²) in [5.74, 6) is -0.170. The first-order valence-corrected chi connectivity index (χ1v) is 10.2. The summed E-state index contributed by atoms with van der Waals surface area (Å²) < 4.78 is 1.49. The zero-order chi connectivity index (χ0) is 21.6. The van der Waals surface area contributed by atoms with Crippen LogP contribution in [0.4, 0.5) is 5.69 Å². The van der Waals surface area contributed by atoms with Crippen molar-refractivity contribution in [3.63, 3.8) is 0 Å². The van der Waals surface area contributed by atoms with E-state index in [4.69, 9.17) is 0 Å². The van der Waals surface area contributed by atoms with Gasteiger partial charge in [0.25, 0.3) is 5.56 Å². The number of nitrogens with zero attached hydrogens (tertiary/aromatic N) is 3. The van der Waals surface area contributed by atoms with Crippen molar-refractivity contribution in [2.75, 3.05) is 5.01 Å². The third-order valence-electron chi connectivity index (χ3n) is 5.15. The predicted molar refractivity (Wildman–Crippen MR) is 123 cm³/mol. The number of aromatic nitrogens is 2. The van der Waals surface area contributed by atoms with Gasteiger partial charge in [-0.25, -0.2) is 4.98 Å². The Bertz CT molecular complexity index is 1240. The molecule has 1 N–H and O–H groups in total. The minimum atomic E-state index is -0.170. The molecule has 156 valence electrons. The van der Waals surface area contributed by atoms with Crippen LogP contribution in [-0.4, -0.2) is 15.5 Å². The van der Waals surface area contributed by atoms with Crippen LogP contribution in [0.15, 0.2) is 90.0 Å². The summed E-state index contributed by atoms with van der Waals surface area (Å²) in [6.07, 6.45) is 1.68. The molecular weight excluding hydrogens is 388 g/mol. The number of aryl methyl sites for hydroxylation is 2. The molecule has 31 heavy (non-hydrogen) atoms. The molecule has 0 saturated carbocycles. The summed E-state index contributed by atoms with van der Waals surface area (Å²) in [5.41, 5.74) is 6.47. The number of para-hydroxylation sites is 2. The van der Waals surface area contributed by atoms with Crippen LogP contribution in [0.3, 0.4) is 0 Å². The van der Waals surface area contributed by atoms with Crippen molar-refractivity contribution in [2.45, 2.75) is 26.4 Å². The molecule has 4 aromatic rings. The van der Waals surface area contributed by atoms with Crippen LogP contribution in [-0.2, 0) is 17.9 Å². The normalized spacial score (nSPS) is 10.7. The number of carbonyl (C=O) groups is 1. The minimum absolute atomic E-state index is 0.134. The molecule has 0 aliphatic rings. The third-order valence-corrected chi connectivity index (χ3v) is 5.15. The summed E-state index contributed by atoms with van der Waals surface area (Å²) in [5, 5.41) is 2.39. The van der Waals surface area contributed by atoms with Gasteiger partial charge in [-0.05, 0) is 36.2 Å². The van der Waals surface area contributed by atoms with Crippen LogP contribution in [0, 0.1) is 6.92 Å². The number of anilines is 1. The van der Waals surface area contributed by atoms with Gasteiger partial charge in [-0.15, -0.1) is 0 Å². The van der Waals surface area contributed by atoms with E-state index in [2.05, 4.69) is 10.4 Å². The van der Waals surface area contributed by atoms with Gasteiger partial charge in [0.1, 0.15) is 0 Å². The van der Waals surface area contributed by atoms with E-state index in [0.29, 0.717) is 17.4 Å². The summed E-state index contributed by atoms with van der Waals surface area (Å²) in [6, 6.07) is 25.2. The Morgan fingerprint density at radius 2 is 1.68 bits per heavy atom. The van der Waals surface area contributed by atoms with Gasteiger partial charge >= 0.3 is 0 Å². The molecule has 0 fully saturated rings. The summed E-state index contributed by atoms with van der Waals surface area (Å²) in [7, 11) is 0. The SMILES string of the molecule is Cc1cccc2c(=O)n(CCC(=O)NN(Cc3ccccc3)c3ccccc3)cnc12. The molecule has 0 spiro atoms. The van der Waals surface area contributed by atoms with Crippen molar-refractivity contribution in [3.05, 3.63) is 107 Å². The van der Waals surface area contributed by atoms with Gasteiger partial charge in [-0.1, -0.05) is 60.7 Å². The Kier molecular flexibility index (Phi) is 6.08. The van der Waals surface area contributed by atoms with Gasteiger partial charge in [-0.3, -0.25) is 24.6 Å². The average Bonchev–Trinajstić information content (AvgIpc) is 2.80. The van der Waals surface area contributed by atoms with Crippen LogP contribution in [0.1, 0.15) is 17.5 Å². The average molecular weight is 412 g/mol. The number of hydrogen-bond acceptors (Lipinski definition) is 4. The van der Waals surface area contributed by atoms with Gasteiger partial charge in [0.05, 0.1) is 29.5 Å².